The van der Waals surface area contributed by atoms with Crippen molar-refractivity contribution < 1.29 is 4.79 Å². The number of halogens is 1. The van der Waals surface area contributed by atoms with Crippen molar-refractivity contribution in [3.63, 3.8) is 0 Å². The normalized spacial score (nSPS) is 9.78. The second-order valence-corrected chi connectivity index (χ2v) is 4.90. The molecular formula is C12H16ClN3OS. The van der Waals surface area contributed by atoms with Crippen LogP contribution in [0.3, 0.4) is 0 Å². The third-order valence-corrected chi connectivity index (χ3v) is 2.98. The van der Waals surface area contributed by atoms with E-state index in [0.717, 1.165) is 5.69 Å². The average molecular weight is 286 g/mol. The monoisotopic (exact) mass is 285 g/mol. The molecule has 98 valence electrons. The van der Waals surface area contributed by atoms with Crippen molar-refractivity contribution in [3.05, 3.63) is 29.3 Å². The smallest absolute Gasteiger partial charge is 0.241 e. The van der Waals surface area contributed by atoms with E-state index < -0.39 is 0 Å². The first-order valence-corrected chi connectivity index (χ1v) is 6.16. The summed E-state index contributed by atoms with van der Waals surface area (Å²) >= 11 is 11.0. The van der Waals surface area contributed by atoms with Gasteiger partial charge in [-0.1, -0.05) is 11.6 Å². The molecule has 0 atom stereocenters. The Bertz CT molecular complexity index is 433. The minimum Gasteiger partial charge on any atom is -0.347 e. The standard InChI is InChI=1S/C12H16ClN3OS/c1-15(2)11(17)8-16(3)12(18)14-10-6-4-9(13)5-7-10/h4-7H,8H2,1-3H3,(H,14,18). The van der Waals surface area contributed by atoms with E-state index in [9.17, 15) is 4.79 Å². The molecule has 0 aliphatic heterocycles. The Balaban J connectivity index is 2.54. The van der Waals surface area contributed by atoms with Gasteiger partial charge in [-0.3, -0.25) is 4.79 Å². The summed E-state index contributed by atoms with van der Waals surface area (Å²) < 4.78 is 0. The molecule has 0 heterocycles. The lowest BCUT2D eigenvalue weighted by atomic mass is 10.3. The van der Waals surface area contributed by atoms with E-state index in [2.05, 4.69) is 5.32 Å². The van der Waals surface area contributed by atoms with Crippen LogP contribution in [-0.4, -0.2) is 48.5 Å². The zero-order chi connectivity index (χ0) is 13.7. The van der Waals surface area contributed by atoms with E-state index in [-0.39, 0.29) is 12.5 Å². The van der Waals surface area contributed by atoms with Crippen molar-refractivity contribution in [3.8, 4) is 0 Å². The molecule has 6 heteroatoms. The highest BCUT2D eigenvalue weighted by molar-refractivity contribution is 7.80. The first-order chi connectivity index (χ1) is 8.40. The van der Waals surface area contributed by atoms with Crippen LogP contribution in [0.1, 0.15) is 0 Å². The lowest BCUT2D eigenvalue weighted by molar-refractivity contribution is -0.128. The number of thiocarbonyl (C=S) groups is 1. The van der Waals surface area contributed by atoms with Gasteiger partial charge in [0, 0.05) is 31.9 Å². The van der Waals surface area contributed by atoms with Crippen LogP contribution in [-0.2, 0) is 4.79 Å². The van der Waals surface area contributed by atoms with Gasteiger partial charge >= 0.3 is 0 Å². The lowest BCUT2D eigenvalue weighted by Crippen LogP contribution is -2.39. The van der Waals surface area contributed by atoms with Crippen LogP contribution in [0.2, 0.25) is 5.02 Å². The van der Waals surface area contributed by atoms with Crippen molar-refractivity contribution in [1.82, 2.24) is 9.80 Å². The number of hydrogen-bond donors (Lipinski definition) is 1. The van der Waals surface area contributed by atoms with Gasteiger partial charge in [0.25, 0.3) is 0 Å². The number of likely N-dealkylation sites (N-methyl/N-ethyl adjacent to an activating group) is 2. The second-order valence-electron chi connectivity index (χ2n) is 4.08. The number of benzene rings is 1. The van der Waals surface area contributed by atoms with E-state index in [1.54, 1.807) is 38.2 Å². The predicted molar refractivity (Wildman–Crippen MR) is 79.0 cm³/mol. The van der Waals surface area contributed by atoms with E-state index >= 15 is 0 Å². The molecule has 0 aliphatic carbocycles. The molecule has 0 fully saturated rings. The number of nitrogens with one attached hydrogen (secondary N) is 1. The first kappa shape index (κ1) is 14.7. The molecule has 0 saturated carbocycles. The van der Waals surface area contributed by atoms with Crippen molar-refractivity contribution >= 4 is 40.5 Å². The number of carbonyl (C=O) groups is 1. The number of hydrogen-bond acceptors (Lipinski definition) is 2. The quantitative estimate of drug-likeness (QED) is 0.863. The third kappa shape index (κ3) is 4.50. The fourth-order valence-corrected chi connectivity index (χ4v) is 1.48. The summed E-state index contributed by atoms with van der Waals surface area (Å²) in [6, 6.07) is 7.21. The van der Waals surface area contributed by atoms with Gasteiger partial charge in [-0.2, -0.15) is 0 Å². The zero-order valence-corrected chi connectivity index (χ0v) is 12.2. The molecule has 1 amide bonds. The van der Waals surface area contributed by atoms with Crippen LogP contribution in [0.4, 0.5) is 5.69 Å². The Labute approximate surface area is 118 Å². The van der Waals surface area contributed by atoms with Gasteiger partial charge in [0.15, 0.2) is 5.11 Å². The van der Waals surface area contributed by atoms with Crippen LogP contribution in [0, 0.1) is 0 Å². The minimum absolute atomic E-state index is 0.00208. The number of amides is 1. The van der Waals surface area contributed by atoms with Crippen LogP contribution >= 0.6 is 23.8 Å². The van der Waals surface area contributed by atoms with E-state index in [0.29, 0.717) is 10.1 Å². The van der Waals surface area contributed by atoms with Gasteiger partial charge in [0.1, 0.15) is 0 Å². The zero-order valence-electron chi connectivity index (χ0n) is 10.6. The van der Waals surface area contributed by atoms with Crippen molar-refractivity contribution in [1.29, 1.82) is 0 Å². The molecule has 4 nitrogen and oxygen atoms in total. The Morgan fingerprint density at radius 1 is 1.28 bits per heavy atom. The predicted octanol–water partition coefficient (Wildman–Crippen LogP) is 2.06. The summed E-state index contributed by atoms with van der Waals surface area (Å²) in [7, 11) is 5.20. The molecule has 1 rings (SSSR count). The summed E-state index contributed by atoms with van der Waals surface area (Å²) in [4.78, 5) is 14.8. The molecular weight excluding hydrogens is 270 g/mol. The number of anilines is 1. The van der Waals surface area contributed by atoms with Gasteiger partial charge in [0.05, 0.1) is 6.54 Å². The number of carbonyl (C=O) groups excluding carboxylic acids is 1. The summed E-state index contributed by atoms with van der Waals surface area (Å²) in [5.41, 5.74) is 0.841. The molecule has 0 aliphatic rings. The fourth-order valence-electron chi connectivity index (χ4n) is 1.17. The maximum Gasteiger partial charge on any atom is 0.241 e. The van der Waals surface area contributed by atoms with Gasteiger partial charge in [0.2, 0.25) is 5.91 Å². The van der Waals surface area contributed by atoms with E-state index in [1.807, 2.05) is 12.1 Å². The van der Waals surface area contributed by atoms with Crippen LogP contribution in [0.15, 0.2) is 24.3 Å². The van der Waals surface area contributed by atoms with E-state index in [1.165, 1.54) is 4.90 Å². The summed E-state index contributed by atoms with van der Waals surface area (Å²) in [6.45, 7) is 0.242. The highest BCUT2D eigenvalue weighted by Gasteiger charge is 2.11. The molecule has 0 radical (unpaired) electrons. The van der Waals surface area contributed by atoms with Crippen molar-refractivity contribution in [2.75, 3.05) is 33.0 Å². The van der Waals surface area contributed by atoms with Crippen LogP contribution in [0.25, 0.3) is 0 Å². The molecule has 0 aromatic heterocycles. The summed E-state index contributed by atoms with van der Waals surface area (Å²) in [5, 5.41) is 4.20. The third-order valence-electron chi connectivity index (χ3n) is 2.31. The van der Waals surface area contributed by atoms with Crippen LogP contribution in [0.5, 0.6) is 0 Å². The Morgan fingerprint density at radius 3 is 2.33 bits per heavy atom. The lowest BCUT2D eigenvalue weighted by Gasteiger charge is -2.22. The Kier molecular flexibility index (Phi) is 5.37. The Morgan fingerprint density at radius 2 is 1.83 bits per heavy atom. The maximum atomic E-state index is 11.5. The molecule has 1 N–H and O–H groups in total. The number of nitrogens with zero attached hydrogens (tertiary/aromatic N) is 2. The fraction of sp³-hybridized carbons (Fsp3) is 0.333. The maximum absolute atomic E-state index is 11.5. The summed E-state index contributed by atoms with van der Waals surface area (Å²) in [6.07, 6.45) is 0. The number of rotatable bonds is 3. The Hall–Kier alpha value is -1.33. The second kappa shape index (κ2) is 6.56. The summed E-state index contributed by atoms with van der Waals surface area (Å²) in [5.74, 6) is -0.00208. The van der Waals surface area contributed by atoms with Crippen LogP contribution < -0.4 is 5.32 Å². The average Bonchev–Trinajstić information content (AvgIpc) is 2.31. The molecule has 0 unspecified atom stereocenters. The molecule has 1 aromatic carbocycles. The van der Waals surface area contributed by atoms with Gasteiger partial charge in [-0.05, 0) is 36.5 Å². The SMILES string of the molecule is CN(C)C(=O)CN(C)C(=S)Nc1ccc(Cl)cc1. The van der Waals surface area contributed by atoms with Crippen molar-refractivity contribution in [2.24, 2.45) is 0 Å². The molecule has 0 bridgehead atoms. The van der Waals surface area contributed by atoms with Crippen molar-refractivity contribution in [2.45, 2.75) is 0 Å². The largest absolute Gasteiger partial charge is 0.347 e. The van der Waals surface area contributed by atoms with Gasteiger partial charge in [-0.25, -0.2) is 0 Å². The molecule has 0 saturated heterocycles. The molecule has 18 heavy (non-hydrogen) atoms. The molecule has 0 spiro atoms. The van der Waals surface area contributed by atoms with Gasteiger partial charge < -0.3 is 15.1 Å². The van der Waals surface area contributed by atoms with E-state index in [4.69, 9.17) is 23.8 Å². The first-order valence-electron chi connectivity index (χ1n) is 5.38. The topological polar surface area (TPSA) is 35.6 Å². The van der Waals surface area contributed by atoms with Gasteiger partial charge in [-0.15, -0.1) is 0 Å². The molecule has 1 aromatic rings. The highest BCUT2D eigenvalue weighted by Crippen LogP contribution is 2.13. The minimum atomic E-state index is -0.00208. The highest BCUT2D eigenvalue weighted by atomic mass is 35.5.